The quantitative estimate of drug-likeness (QED) is 0.778. The van der Waals surface area contributed by atoms with E-state index < -0.39 is 18.6 Å². The molecule has 1 aromatic rings. The van der Waals surface area contributed by atoms with E-state index >= 15 is 0 Å². The molecule has 0 fully saturated rings. The normalized spacial score (nSPS) is 11.1. The van der Waals surface area contributed by atoms with Gasteiger partial charge in [0, 0.05) is 12.1 Å². The Morgan fingerprint density at radius 1 is 1.45 bits per heavy atom. The van der Waals surface area contributed by atoms with Crippen LogP contribution < -0.4 is 4.74 Å². The van der Waals surface area contributed by atoms with Gasteiger partial charge in [0.1, 0.15) is 12.3 Å². The molecule has 0 heterocycles. The number of hydrogen-bond acceptors (Lipinski definition) is 2. The van der Waals surface area contributed by atoms with Crippen molar-refractivity contribution < 1.29 is 22.7 Å². The molecule has 0 saturated heterocycles. The first kappa shape index (κ1) is 16.1. The summed E-state index contributed by atoms with van der Waals surface area (Å²) in [6.07, 6.45) is -3.19. The van der Waals surface area contributed by atoms with Crippen molar-refractivity contribution >= 4 is 5.91 Å². The third-order valence-corrected chi connectivity index (χ3v) is 2.66. The molecule has 0 spiro atoms. The first-order valence-electron chi connectivity index (χ1n) is 5.90. The lowest BCUT2D eigenvalue weighted by Crippen LogP contribution is -2.39. The van der Waals surface area contributed by atoms with Crippen molar-refractivity contribution in [3.05, 3.63) is 42.0 Å². The van der Waals surface area contributed by atoms with Gasteiger partial charge in [0.2, 0.25) is 0 Å². The number of nitrogens with zero attached hydrogens (tertiary/aromatic N) is 1. The van der Waals surface area contributed by atoms with Crippen LogP contribution in [0.2, 0.25) is 0 Å². The van der Waals surface area contributed by atoms with Gasteiger partial charge in [-0.1, -0.05) is 12.1 Å². The fourth-order valence-corrected chi connectivity index (χ4v) is 1.73. The highest BCUT2D eigenvalue weighted by Crippen LogP contribution is 2.22. The van der Waals surface area contributed by atoms with Gasteiger partial charge in [0.15, 0.2) is 0 Å². The summed E-state index contributed by atoms with van der Waals surface area (Å²) < 4.78 is 42.4. The molecule has 6 heteroatoms. The first-order chi connectivity index (χ1) is 9.28. The molecule has 110 valence electrons. The maximum atomic E-state index is 12.5. The second-order valence-corrected chi connectivity index (χ2v) is 4.27. The SMILES string of the molecule is C=CCN(CC(F)(F)F)C(=O)c1ccc(C)c(OC)c1. The molecule has 0 aliphatic rings. The average Bonchev–Trinajstić information content (AvgIpc) is 2.36. The molecule has 0 bridgehead atoms. The molecule has 20 heavy (non-hydrogen) atoms. The van der Waals surface area contributed by atoms with Gasteiger partial charge in [-0.05, 0) is 24.6 Å². The highest BCUT2D eigenvalue weighted by molar-refractivity contribution is 5.94. The zero-order valence-electron chi connectivity index (χ0n) is 11.3. The van der Waals surface area contributed by atoms with Crippen molar-refractivity contribution in [2.24, 2.45) is 0 Å². The van der Waals surface area contributed by atoms with E-state index in [1.54, 1.807) is 13.0 Å². The number of ether oxygens (including phenoxy) is 1. The van der Waals surface area contributed by atoms with Gasteiger partial charge >= 0.3 is 6.18 Å². The Balaban J connectivity index is 3.02. The van der Waals surface area contributed by atoms with E-state index in [0.717, 1.165) is 5.56 Å². The minimum atomic E-state index is -4.45. The summed E-state index contributed by atoms with van der Waals surface area (Å²) in [4.78, 5) is 12.8. The molecule has 1 amide bonds. The van der Waals surface area contributed by atoms with Gasteiger partial charge in [-0.2, -0.15) is 13.2 Å². The van der Waals surface area contributed by atoms with E-state index in [2.05, 4.69) is 6.58 Å². The van der Waals surface area contributed by atoms with E-state index in [9.17, 15) is 18.0 Å². The third kappa shape index (κ3) is 4.29. The number of aryl methyl sites for hydroxylation is 1. The number of rotatable bonds is 5. The lowest BCUT2D eigenvalue weighted by molar-refractivity contribution is -0.139. The Labute approximate surface area is 115 Å². The van der Waals surface area contributed by atoms with Crippen LogP contribution in [0.5, 0.6) is 5.75 Å². The fraction of sp³-hybridized carbons (Fsp3) is 0.357. The number of carbonyl (C=O) groups is 1. The van der Waals surface area contributed by atoms with Crippen molar-refractivity contribution in [1.29, 1.82) is 0 Å². The van der Waals surface area contributed by atoms with E-state index in [4.69, 9.17) is 4.74 Å². The van der Waals surface area contributed by atoms with Gasteiger partial charge in [0.25, 0.3) is 5.91 Å². The van der Waals surface area contributed by atoms with Crippen LogP contribution in [0, 0.1) is 6.92 Å². The van der Waals surface area contributed by atoms with Gasteiger partial charge in [-0.3, -0.25) is 4.79 Å². The standard InChI is InChI=1S/C14H16F3NO2/c1-4-7-18(9-14(15,16)17)13(19)11-6-5-10(2)12(8-11)20-3/h4-6,8H,1,7,9H2,2-3H3. The minimum Gasteiger partial charge on any atom is -0.496 e. The van der Waals surface area contributed by atoms with Gasteiger partial charge in [-0.25, -0.2) is 0 Å². The summed E-state index contributed by atoms with van der Waals surface area (Å²) in [6.45, 7) is 3.67. The number of carbonyl (C=O) groups excluding carboxylic acids is 1. The van der Waals surface area contributed by atoms with Crippen LogP contribution in [0.3, 0.4) is 0 Å². The predicted molar refractivity (Wildman–Crippen MR) is 69.9 cm³/mol. The molecule has 0 radical (unpaired) electrons. The molecule has 0 saturated carbocycles. The number of alkyl halides is 3. The maximum Gasteiger partial charge on any atom is 0.406 e. The number of benzene rings is 1. The monoisotopic (exact) mass is 287 g/mol. The predicted octanol–water partition coefficient (Wildman–Crippen LogP) is 3.19. The van der Waals surface area contributed by atoms with E-state index in [1.165, 1.54) is 25.3 Å². The fourth-order valence-electron chi connectivity index (χ4n) is 1.73. The van der Waals surface area contributed by atoms with Crippen molar-refractivity contribution in [2.75, 3.05) is 20.2 Å². The number of halogens is 3. The number of methoxy groups -OCH3 is 1. The Morgan fingerprint density at radius 2 is 2.10 bits per heavy atom. The second-order valence-electron chi connectivity index (χ2n) is 4.27. The number of amides is 1. The van der Waals surface area contributed by atoms with Crippen molar-refractivity contribution in [3.8, 4) is 5.75 Å². The molecule has 0 aromatic heterocycles. The van der Waals surface area contributed by atoms with Crippen LogP contribution in [0.15, 0.2) is 30.9 Å². The topological polar surface area (TPSA) is 29.5 Å². The van der Waals surface area contributed by atoms with Crippen LogP contribution >= 0.6 is 0 Å². The molecule has 1 rings (SSSR count). The van der Waals surface area contributed by atoms with Gasteiger partial charge < -0.3 is 9.64 Å². The summed E-state index contributed by atoms with van der Waals surface area (Å²) in [5.74, 6) is -0.248. The molecular weight excluding hydrogens is 271 g/mol. The largest absolute Gasteiger partial charge is 0.496 e. The first-order valence-corrected chi connectivity index (χ1v) is 5.90. The smallest absolute Gasteiger partial charge is 0.406 e. The molecular formula is C14H16F3NO2. The van der Waals surface area contributed by atoms with Crippen molar-refractivity contribution in [3.63, 3.8) is 0 Å². The van der Waals surface area contributed by atoms with Crippen molar-refractivity contribution in [1.82, 2.24) is 4.90 Å². The van der Waals surface area contributed by atoms with Crippen LogP contribution in [0.25, 0.3) is 0 Å². The Bertz CT molecular complexity index is 498. The average molecular weight is 287 g/mol. The third-order valence-electron chi connectivity index (χ3n) is 2.66. The van der Waals surface area contributed by atoms with Crippen LogP contribution in [0.4, 0.5) is 13.2 Å². The van der Waals surface area contributed by atoms with Crippen LogP contribution in [-0.2, 0) is 0 Å². The zero-order valence-corrected chi connectivity index (χ0v) is 11.3. The molecule has 0 aliphatic carbocycles. The zero-order chi connectivity index (χ0) is 15.3. The Hall–Kier alpha value is -1.98. The molecule has 0 N–H and O–H groups in total. The number of hydrogen-bond donors (Lipinski definition) is 0. The summed E-state index contributed by atoms with van der Waals surface area (Å²) >= 11 is 0. The lowest BCUT2D eigenvalue weighted by Gasteiger charge is -2.23. The highest BCUT2D eigenvalue weighted by atomic mass is 19.4. The van der Waals surface area contributed by atoms with Crippen molar-refractivity contribution in [2.45, 2.75) is 13.1 Å². The molecule has 0 atom stereocenters. The van der Waals surface area contributed by atoms with E-state index in [0.29, 0.717) is 10.6 Å². The second kappa shape index (κ2) is 6.45. The summed E-state index contributed by atoms with van der Waals surface area (Å²) in [6, 6.07) is 4.54. The lowest BCUT2D eigenvalue weighted by atomic mass is 10.1. The molecule has 1 aromatic carbocycles. The van der Waals surface area contributed by atoms with E-state index in [-0.39, 0.29) is 12.1 Å². The van der Waals surface area contributed by atoms with Crippen LogP contribution in [-0.4, -0.2) is 37.2 Å². The van der Waals surface area contributed by atoms with Gasteiger partial charge in [0.05, 0.1) is 7.11 Å². The summed E-state index contributed by atoms with van der Waals surface area (Å²) in [5, 5.41) is 0. The van der Waals surface area contributed by atoms with Gasteiger partial charge in [-0.15, -0.1) is 6.58 Å². The van der Waals surface area contributed by atoms with E-state index in [1.807, 2.05) is 0 Å². The highest BCUT2D eigenvalue weighted by Gasteiger charge is 2.32. The Kier molecular flexibility index (Phi) is 5.19. The molecule has 0 aliphatic heterocycles. The molecule has 3 nitrogen and oxygen atoms in total. The summed E-state index contributed by atoms with van der Waals surface area (Å²) in [5.41, 5.74) is 0.952. The minimum absolute atomic E-state index is 0.151. The summed E-state index contributed by atoms with van der Waals surface area (Å²) in [7, 11) is 1.44. The Morgan fingerprint density at radius 3 is 2.60 bits per heavy atom. The molecule has 0 unspecified atom stereocenters. The van der Waals surface area contributed by atoms with Crippen LogP contribution in [0.1, 0.15) is 15.9 Å². The maximum absolute atomic E-state index is 12.5.